The molecule has 0 unspecified atom stereocenters. The number of nitrogens with zero attached hydrogens (tertiary/aromatic N) is 3. The summed E-state index contributed by atoms with van der Waals surface area (Å²) in [4.78, 5) is 11.4. The Morgan fingerprint density at radius 2 is 1.92 bits per heavy atom. The van der Waals surface area contributed by atoms with Crippen molar-refractivity contribution in [1.29, 1.82) is 0 Å². The van der Waals surface area contributed by atoms with E-state index in [0.717, 1.165) is 33.6 Å². The fourth-order valence-corrected chi connectivity index (χ4v) is 3.46. The SMILES string of the molecule is CC(=O)CSc1nnc(-c2ccccc2)n1Cc1ccc2c(c1)OCO2. The van der Waals surface area contributed by atoms with Gasteiger partial charge in [-0.25, -0.2) is 0 Å². The van der Waals surface area contributed by atoms with Gasteiger partial charge in [0.25, 0.3) is 0 Å². The molecule has 0 N–H and O–H groups in total. The number of ketones is 1. The highest BCUT2D eigenvalue weighted by atomic mass is 32.2. The lowest BCUT2D eigenvalue weighted by Gasteiger charge is -2.11. The quantitative estimate of drug-likeness (QED) is 0.622. The average molecular weight is 367 g/mol. The number of hydrogen-bond acceptors (Lipinski definition) is 6. The molecule has 0 radical (unpaired) electrons. The van der Waals surface area contributed by atoms with Crippen molar-refractivity contribution in [2.45, 2.75) is 18.6 Å². The molecule has 1 aliphatic heterocycles. The zero-order valence-electron chi connectivity index (χ0n) is 14.2. The Morgan fingerprint density at radius 1 is 1.12 bits per heavy atom. The number of carbonyl (C=O) groups excluding carboxylic acids is 1. The van der Waals surface area contributed by atoms with E-state index in [1.54, 1.807) is 6.92 Å². The van der Waals surface area contributed by atoms with Gasteiger partial charge in [0.2, 0.25) is 6.79 Å². The van der Waals surface area contributed by atoms with Gasteiger partial charge in [0.1, 0.15) is 5.78 Å². The molecule has 132 valence electrons. The van der Waals surface area contributed by atoms with E-state index in [0.29, 0.717) is 12.3 Å². The summed E-state index contributed by atoms with van der Waals surface area (Å²) in [6, 6.07) is 15.8. The van der Waals surface area contributed by atoms with Crippen LogP contribution in [-0.4, -0.2) is 33.1 Å². The van der Waals surface area contributed by atoms with Gasteiger partial charge in [-0.15, -0.1) is 10.2 Å². The van der Waals surface area contributed by atoms with Gasteiger partial charge in [0, 0.05) is 5.56 Å². The van der Waals surface area contributed by atoms with Crippen molar-refractivity contribution in [3.63, 3.8) is 0 Å². The van der Waals surface area contributed by atoms with Crippen LogP contribution in [-0.2, 0) is 11.3 Å². The lowest BCUT2D eigenvalue weighted by Crippen LogP contribution is -2.05. The Morgan fingerprint density at radius 3 is 2.73 bits per heavy atom. The number of ether oxygens (including phenoxy) is 2. The molecule has 2 heterocycles. The molecule has 0 spiro atoms. The monoisotopic (exact) mass is 367 g/mol. The predicted octanol–water partition coefficient (Wildman–Crippen LogP) is 3.40. The van der Waals surface area contributed by atoms with Crippen LogP contribution in [0, 0.1) is 0 Å². The molecule has 2 aromatic carbocycles. The summed E-state index contributed by atoms with van der Waals surface area (Å²) >= 11 is 1.40. The van der Waals surface area contributed by atoms with Gasteiger partial charge >= 0.3 is 0 Å². The highest BCUT2D eigenvalue weighted by Crippen LogP contribution is 2.33. The second kappa shape index (κ2) is 7.21. The smallest absolute Gasteiger partial charge is 0.231 e. The van der Waals surface area contributed by atoms with Crippen LogP contribution in [0.25, 0.3) is 11.4 Å². The average Bonchev–Trinajstić information content (AvgIpc) is 3.27. The maximum atomic E-state index is 11.4. The third-order valence-electron chi connectivity index (χ3n) is 3.93. The van der Waals surface area contributed by atoms with Crippen molar-refractivity contribution < 1.29 is 14.3 Å². The van der Waals surface area contributed by atoms with Gasteiger partial charge in [-0.3, -0.25) is 9.36 Å². The molecule has 0 fully saturated rings. The van der Waals surface area contributed by atoms with E-state index < -0.39 is 0 Å². The van der Waals surface area contributed by atoms with E-state index in [9.17, 15) is 4.79 Å². The summed E-state index contributed by atoms with van der Waals surface area (Å²) in [6.45, 7) is 2.40. The molecule has 4 rings (SSSR count). The molecule has 0 amide bonds. The number of benzene rings is 2. The van der Waals surface area contributed by atoms with Crippen LogP contribution in [0.1, 0.15) is 12.5 Å². The Balaban J connectivity index is 1.69. The molecule has 3 aromatic rings. The summed E-state index contributed by atoms with van der Waals surface area (Å²) in [5.41, 5.74) is 2.03. The maximum Gasteiger partial charge on any atom is 0.231 e. The number of hydrogen-bond donors (Lipinski definition) is 0. The maximum absolute atomic E-state index is 11.4. The van der Waals surface area contributed by atoms with Crippen molar-refractivity contribution in [3.05, 3.63) is 54.1 Å². The van der Waals surface area contributed by atoms with Gasteiger partial charge in [0.15, 0.2) is 22.5 Å². The fraction of sp³-hybridized carbons (Fsp3) is 0.211. The second-order valence-electron chi connectivity index (χ2n) is 5.94. The highest BCUT2D eigenvalue weighted by molar-refractivity contribution is 7.99. The molecule has 0 saturated carbocycles. The van der Waals surface area contributed by atoms with Gasteiger partial charge in [0.05, 0.1) is 12.3 Å². The van der Waals surface area contributed by atoms with Crippen LogP contribution in [0.4, 0.5) is 0 Å². The van der Waals surface area contributed by atoms with Crippen molar-refractivity contribution in [2.24, 2.45) is 0 Å². The molecule has 1 aromatic heterocycles. The molecule has 7 heteroatoms. The molecule has 0 bridgehead atoms. The standard InChI is InChI=1S/C19H17N3O3S/c1-13(23)11-26-19-21-20-18(15-5-3-2-4-6-15)22(19)10-14-7-8-16-17(9-14)25-12-24-16/h2-9H,10-12H2,1H3. The van der Waals surface area contributed by atoms with E-state index >= 15 is 0 Å². The molecule has 0 atom stereocenters. The summed E-state index contributed by atoms with van der Waals surface area (Å²) in [5, 5.41) is 9.38. The first-order valence-corrected chi connectivity index (χ1v) is 9.18. The van der Waals surface area contributed by atoms with E-state index in [1.807, 2.05) is 53.1 Å². The van der Waals surface area contributed by atoms with E-state index in [2.05, 4.69) is 10.2 Å². The number of aromatic nitrogens is 3. The van der Waals surface area contributed by atoms with Crippen LogP contribution in [0.15, 0.2) is 53.7 Å². The molecule has 1 aliphatic rings. The van der Waals surface area contributed by atoms with Gasteiger partial charge in [-0.05, 0) is 24.6 Å². The zero-order chi connectivity index (χ0) is 17.9. The minimum Gasteiger partial charge on any atom is -0.454 e. The second-order valence-corrected chi connectivity index (χ2v) is 6.88. The molecule has 26 heavy (non-hydrogen) atoms. The van der Waals surface area contributed by atoms with Gasteiger partial charge < -0.3 is 9.47 Å². The first-order chi connectivity index (χ1) is 12.7. The molecule has 6 nitrogen and oxygen atoms in total. The minimum absolute atomic E-state index is 0.105. The predicted molar refractivity (Wildman–Crippen MR) is 98.5 cm³/mol. The van der Waals surface area contributed by atoms with Gasteiger partial charge in [-0.2, -0.15) is 0 Å². The van der Waals surface area contributed by atoms with Gasteiger partial charge in [-0.1, -0.05) is 48.2 Å². The first kappa shape index (κ1) is 16.7. The number of rotatable bonds is 6. The lowest BCUT2D eigenvalue weighted by atomic mass is 10.2. The number of thioether (sulfide) groups is 1. The lowest BCUT2D eigenvalue weighted by molar-refractivity contribution is -0.114. The van der Waals surface area contributed by atoms with Crippen molar-refractivity contribution in [3.8, 4) is 22.9 Å². The molecular weight excluding hydrogens is 350 g/mol. The highest BCUT2D eigenvalue weighted by Gasteiger charge is 2.18. The Bertz CT molecular complexity index is 940. The Kier molecular flexibility index (Phi) is 4.62. The van der Waals surface area contributed by atoms with Crippen molar-refractivity contribution in [2.75, 3.05) is 12.5 Å². The first-order valence-electron chi connectivity index (χ1n) is 8.20. The molecular formula is C19H17N3O3S. The third kappa shape index (κ3) is 3.43. The zero-order valence-corrected chi connectivity index (χ0v) is 15.0. The number of fused-ring (bicyclic) bond motifs is 1. The number of carbonyl (C=O) groups is 1. The van der Waals surface area contributed by atoms with Crippen LogP contribution >= 0.6 is 11.8 Å². The summed E-state index contributed by atoms with van der Waals surface area (Å²) in [5.74, 6) is 2.75. The molecule has 0 aliphatic carbocycles. The third-order valence-corrected chi connectivity index (χ3v) is 5.04. The topological polar surface area (TPSA) is 66.2 Å². The van der Waals surface area contributed by atoms with Crippen molar-refractivity contribution in [1.82, 2.24) is 14.8 Å². The normalized spacial score (nSPS) is 12.3. The van der Waals surface area contributed by atoms with E-state index in [4.69, 9.17) is 9.47 Å². The summed E-state index contributed by atoms with van der Waals surface area (Å²) in [6.07, 6.45) is 0. The summed E-state index contributed by atoms with van der Waals surface area (Å²) < 4.78 is 12.9. The fourth-order valence-electron chi connectivity index (χ4n) is 2.73. The molecule has 0 saturated heterocycles. The summed E-state index contributed by atoms with van der Waals surface area (Å²) in [7, 11) is 0. The van der Waals surface area contributed by atoms with E-state index in [-0.39, 0.29) is 12.6 Å². The minimum atomic E-state index is 0.105. The van der Waals surface area contributed by atoms with Crippen LogP contribution in [0.5, 0.6) is 11.5 Å². The van der Waals surface area contributed by atoms with Crippen molar-refractivity contribution >= 4 is 17.5 Å². The van der Waals surface area contributed by atoms with Crippen LogP contribution in [0.3, 0.4) is 0 Å². The van der Waals surface area contributed by atoms with Crippen LogP contribution < -0.4 is 9.47 Å². The van der Waals surface area contributed by atoms with E-state index in [1.165, 1.54) is 11.8 Å². The number of Topliss-reactive ketones (excluding diaryl/α,β-unsaturated/α-hetero) is 1. The largest absolute Gasteiger partial charge is 0.454 e. The van der Waals surface area contributed by atoms with Crippen LogP contribution in [0.2, 0.25) is 0 Å². The Labute approximate surface area is 155 Å². The Hall–Kier alpha value is -2.80.